The van der Waals surface area contributed by atoms with Crippen LogP contribution in [0.5, 0.6) is 11.5 Å². The minimum absolute atomic E-state index is 0.0975. The van der Waals surface area contributed by atoms with E-state index >= 15 is 0 Å². The molecule has 1 atom stereocenters. The SMILES string of the molecule is CCNS(=O)(=O)c1ccc(CCC(=O)N(Cc2ccc(F)cc2)[C@H](C)C(=O)NCc2ccc3c(c2)OCO3)cc1. The zero-order valence-electron chi connectivity index (χ0n) is 22.4. The second-order valence-electron chi connectivity index (χ2n) is 9.37. The van der Waals surface area contributed by atoms with Crippen LogP contribution in [0.2, 0.25) is 0 Å². The number of fused-ring (bicyclic) bond motifs is 1. The van der Waals surface area contributed by atoms with Gasteiger partial charge in [0.2, 0.25) is 28.6 Å². The maximum Gasteiger partial charge on any atom is 0.242 e. The first kappa shape index (κ1) is 29.0. The molecule has 0 spiro atoms. The van der Waals surface area contributed by atoms with Gasteiger partial charge in [-0.2, -0.15) is 0 Å². The summed E-state index contributed by atoms with van der Waals surface area (Å²) >= 11 is 0. The smallest absolute Gasteiger partial charge is 0.242 e. The Balaban J connectivity index is 1.42. The highest BCUT2D eigenvalue weighted by molar-refractivity contribution is 7.89. The predicted octanol–water partition coefficient (Wildman–Crippen LogP) is 3.52. The fourth-order valence-electron chi connectivity index (χ4n) is 4.26. The Morgan fingerprint density at radius 1 is 0.950 bits per heavy atom. The number of carbonyl (C=O) groups is 2. The van der Waals surface area contributed by atoms with Crippen molar-refractivity contribution in [2.75, 3.05) is 13.3 Å². The number of nitrogens with one attached hydrogen (secondary N) is 2. The largest absolute Gasteiger partial charge is 0.454 e. The minimum atomic E-state index is -3.57. The van der Waals surface area contributed by atoms with Crippen molar-refractivity contribution in [1.29, 1.82) is 0 Å². The molecule has 0 saturated heterocycles. The lowest BCUT2D eigenvalue weighted by Gasteiger charge is -2.29. The Kier molecular flexibility index (Phi) is 9.38. The molecular weight excluding hydrogens is 537 g/mol. The second-order valence-corrected chi connectivity index (χ2v) is 11.1. The number of nitrogens with zero attached hydrogens (tertiary/aromatic N) is 1. The summed E-state index contributed by atoms with van der Waals surface area (Å²) in [6, 6.07) is 16.7. The quantitative estimate of drug-likeness (QED) is 0.345. The van der Waals surface area contributed by atoms with Crippen molar-refractivity contribution in [3.63, 3.8) is 0 Å². The summed E-state index contributed by atoms with van der Waals surface area (Å²) in [4.78, 5) is 28.1. The monoisotopic (exact) mass is 569 g/mol. The van der Waals surface area contributed by atoms with Crippen LogP contribution in [-0.4, -0.2) is 44.5 Å². The van der Waals surface area contributed by atoms with Crippen molar-refractivity contribution in [2.45, 2.75) is 50.7 Å². The van der Waals surface area contributed by atoms with Gasteiger partial charge in [0.05, 0.1) is 4.90 Å². The summed E-state index contributed by atoms with van der Waals surface area (Å²) in [6.45, 7) is 4.15. The van der Waals surface area contributed by atoms with E-state index in [1.54, 1.807) is 50.2 Å². The predicted molar refractivity (Wildman–Crippen MR) is 146 cm³/mol. The van der Waals surface area contributed by atoms with E-state index in [4.69, 9.17) is 9.47 Å². The number of hydrogen-bond acceptors (Lipinski definition) is 6. The third-order valence-electron chi connectivity index (χ3n) is 6.53. The Hall–Kier alpha value is -3.96. The molecular formula is C29H32FN3O6S. The van der Waals surface area contributed by atoms with Gasteiger partial charge in [0.25, 0.3) is 0 Å². The van der Waals surface area contributed by atoms with Crippen LogP contribution >= 0.6 is 0 Å². The normalized spacial score (nSPS) is 13.1. The molecule has 4 rings (SSSR count). The lowest BCUT2D eigenvalue weighted by Crippen LogP contribution is -2.47. The molecule has 0 aromatic heterocycles. The third kappa shape index (κ3) is 7.36. The number of benzene rings is 3. The number of rotatable bonds is 12. The first-order valence-corrected chi connectivity index (χ1v) is 14.4. The number of hydrogen-bond donors (Lipinski definition) is 2. The molecule has 212 valence electrons. The van der Waals surface area contributed by atoms with Gasteiger partial charge in [-0.1, -0.05) is 37.3 Å². The molecule has 0 bridgehead atoms. The van der Waals surface area contributed by atoms with E-state index in [0.29, 0.717) is 23.5 Å². The van der Waals surface area contributed by atoms with E-state index < -0.39 is 21.9 Å². The van der Waals surface area contributed by atoms with Gasteiger partial charge >= 0.3 is 0 Å². The maximum absolute atomic E-state index is 13.5. The van der Waals surface area contributed by atoms with Crippen molar-refractivity contribution in [2.24, 2.45) is 0 Å². The lowest BCUT2D eigenvalue weighted by molar-refractivity contribution is -0.140. The summed E-state index contributed by atoms with van der Waals surface area (Å²) in [5.74, 6) is 0.259. The summed E-state index contributed by atoms with van der Waals surface area (Å²) < 4.78 is 51.0. The molecule has 0 saturated carbocycles. The molecule has 2 amide bonds. The van der Waals surface area contributed by atoms with Gasteiger partial charge in [-0.05, 0) is 66.4 Å². The molecule has 0 fully saturated rings. The van der Waals surface area contributed by atoms with Gasteiger partial charge in [0, 0.05) is 26.1 Å². The van der Waals surface area contributed by atoms with Crippen molar-refractivity contribution >= 4 is 21.8 Å². The van der Waals surface area contributed by atoms with Crippen molar-refractivity contribution in [3.8, 4) is 11.5 Å². The number of carbonyl (C=O) groups excluding carboxylic acids is 2. The molecule has 2 N–H and O–H groups in total. The molecule has 3 aromatic rings. The third-order valence-corrected chi connectivity index (χ3v) is 8.09. The Bertz CT molecular complexity index is 1450. The molecule has 0 unspecified atom stereocenters. The van der Waals surface area contributed by atoms with Crippen LogP contribution in [0, 0.1) is 5.82 Å². The van der Waals surface area contributed by atoms with Gasteiger partial charge < -0.3 is 19.7 Å². The second kappa shape index (κ2) is 12.9. The molecule has 1 aliphatic heterocycles. The average molecular weight is 570 g/mol. The average Bonchev–Trinajstić information content (AvgIpc) is 3.42. The zero-order valence-corrected chi connectivity index (χ0v) is 23.2. The van der Waals surface area contributed by atoms with Gasteiger partial charge in [0.15, 0.2) is 11.5 Å². The van der Waals surface area contributed by atoms with E-state index in [1.165, 1.54) is 29.2 Å². The number of halogens is 1. The van der Waals surface area contributed by atoms with Gasteiger partial charge in [-0.3, -0.25) is 9.59 Å². The van der Waals surface area contributed by atoms with Crippen LogP contribution in [0.1, 0.15) is 37.0 Å². The van der Waals surface area contributed by atoms with Crippen LogP contribution in [0.25, 0.3) is 0 Å². The molecule has 0 radical (unpaired) electrons. The van der Waals surface area contributed by atoms with Crippen LogP contribution < -0.4 is 19.5 Å². The van der Waals surface area contributed by atoms with E-state index in [1.807, 2.05) is 6.07 Å². The van der Waals surface area contributed by atoms with Crippen molar-refractivity contribution < 1.29 is 31.9 Å². The van der Waals surface area contributed by atoms with Crippen LogP contribution in [0.4, 0.5) is 4.39 Å². The zero-order chi connectivity index (χ0) is 28.7. The van der Waals surface area contributed by atoms with Crippen LogP contribution in [0.15, 0.2) is 71.6 Å². The van der Waals surface area contributed by atoms with Crippen LogP contribution in [0.3, 0.4) is 0 Å². The Labute approximate surface area is 233 Å². The van der Waals surface area contributed by atoms with Crippen LogP contribution in [-0.2, 0) is 39.1 Å². The minimum Gasteiger partial charge on any atom is -0.454 e. The van der Waals surface area contributed by atoms with E-state index in [9.17, 15) is 22.4 Å². The number of ether oxygens (including phenoxy) is 2. The van der Waals surface area contributed by atoms with Gasteiger partial charge in [-0.25, -0.2) is 17.5 Å². The molecule has 0 aliphatic carbocycles. The lowest BCUT2D eigenvalue weighted by atomic mass is 10.1. The summed E-state index contributed by atoms with van der Waals surface area (Å²) in [5, 5.41) is 2.87. The first-order chi connectivity index (χ1) is 19.2. The fourth-order valence-corrected chi connectivity index (χ4v) is 5.30. The van der Waals surface area contributed by atoms with Gasteiger partial charge in [0.1, 0.15) is 11.9 Å². The maximum atomic E-state index is 13.5. The highest BCUT2D eigenvalue weighted by Crippen LogP contribution is 2.32. The van der Waals surface area contributed by atoms with E-state index in [-0.39, 0.29) is 49.6 Å². The van der Waals surface area contributed by atoms with Crippen molar-refractivity contribution in [3.05, 3.63) is 89.2 Å². The van der Waals surface area contributed by atoms with E-state index in [0.717, 1.165) is 11.1 Å². The molecule has 11 heteroatoms. The fraction of sp³-hybridized carbons (Fsp3) is 0.310. The number of sulfonamides is 1. The molecule has 1 aliphatic rings. The van der Waals surface area contributed by atoms with Gasteiger partial charge in [-0.15, -0.1) is 0 Å². The summed E-state index contributed by atoms with van der Waals surface area (Å²) in [7, 11) is -3.57. The first-order valence-electron chi connectivity index (χ1n) is 12.9. The molecule has 9 nitrogen and oxygen atoms in total. The molecule has 40 heavy (non-hydrogen) atoms. The number of aryl methyl sites for hydroxylation is 1. The van der Waals surface area contributed by atoms with Crippen molar-refractivity contribution in [1.82, 2.24) is 14.9 Å². The number of amides is 2. The highest BCUT2D eigenvalue weighted by atomic mass is 32.2. The Morgan fingerprint density at radius 3 is 2.30 bits per heavy atom. The molecule has 3 aromatic carbocycles. The summed E-state index contributed by atoms with van der Waals surface area (Å²) in [5.41, 5.74) is 2.29. The summed E-state index contributed by atoms with van der Waals surface area (Å²) in [6.07, 6.45) is 0.450. The topological polar surface area (TPSA) is 114 Å². The molecule has 1 heterocycles. The standard InChI is InChI=1S/C29H32FN3O6S/c1-3-32-40(36,37)25-12-6-21(7-13-25)9-15-28(34)33(18-22-4-10-24(30)11-5-22)20(2)29(35)31-17-23-8-14-26-27(16-23)39-19-38-26/h4-8,10-14,16,20,32H,3,9,15,17-19H2,1-2H3,(H,31,35)/t20-/m1/s1. The Morgan fingerprint density at radius 2 is 1.60 bits per heavy atom. The van der Waals surface area contributed by atoms with E-state index in [2.05, 4.69) is 10.0 Å². The highest BCUT2D eigenvalue weighted by Gasteiger charge is 2.26.